The van der Waals surface area contributed by atoms with E-state index >= 15 is 0 Å². The van der Waals surface area contributed by atoms with Crippen LogP contribution in [0.3, 0.4) is 0 Å². The maximum Gasteiger partial charge on any atom is 0.188 e. The van der Waals surface area contributed by atoms with Gasteiger partial charge in [0.25, 0.3) is 0 Å². The van der Waals surface area contributed by atoms with E-state index in [0.717, 1.165) is 6.42 Å². The normalized spacial score (nSPS) is 19.1. The number of nitrogens with zero attached hydrogens (tertiary/aromatic N) is 2. The van der Waals surface area contributed by atoms with E-state index in [2.05, 4.69) is 15.2 Å². The van der Waals surface area contributed by atoms with E-state index in [1.165, 1.54) is 6.07 Å². The highest BCUT2D eigenvalue weighted by Crippen LogP contribution is 2.31. The lowest BCUT2D eigenvalue weighted by molar-refractivity contribution is -0.0336. The van der Waals surface area contributed by atoms with Crippen LogP contribution in [0.15, 0.2) is 23.2 Å². The first-order valence-corrected chi connectivity index (χ1v) is 9.81. The molecule has 3 N–H and O–H groups in total. The summed E-state index contributed by atoms with van der Waals surface area (Å²) in [5.74, 6) is 0.00959. The first kappa shape index (κ1) is 25.4. The van der Waals surface area contributed by atoms with Crippen LogP contribution in [0.2, 0.25) is 5.02 Å². The highest BCUT2D eigenvalue weighted by molar-refractivity contribution is 14.0. The van der Waals surface area contributed by atoms with Gasteiger partial charge < -0.3 is 20.5 Å². The summed E-state index contributed by atoms with van der Waals surface area (Å²) in [6, 6.07) is 4.44. The molecule has 0 spiro atoms. The van der Waals surface area contributed by atoms with Gasteiger partial charge in [-0.3, -0.25) is 9.89 Å². The second kappa shape index (κ2) is 13.5. The van der Waals surface area contributed by atoms with Crippen LogP contribution in [0.4, 0.5) is 4.39 Å². The van der Waals surface area contributed by atoms with Crippen LogP contribution in [0, 0.1) is 5.82 Å². The van der Waals surface area contributed by atoms with Crippen molar-refractivity contribution in [3.05, 3.63) is 34.6 Å². The number of halogens is 3. The summed E-state index contributed by atoms with van der Waals surface area (Å²) < 4.78 is 25.5. The average molecular weight is 529 g/mol. The van der Waals surface area contributed by atoms with Crippen molar-refractivity contribution in [1.29, 1.82) is 0 Å². The number of aliphatic imine (C=N–C) groups is 1. The fraction of sp³-hybridized carbons (Fsp3) is 0.632. The largest absolute Gasteiger partial charge is 0.382 e. The van der Waals surface area contributed by atoms with Crippen LogP contribution < -0.4 is 11.1 Å². The molecule has 1 aliphatic rings. The van der Waals surface area contributed by atoms with Crippen molar-refractivity contribution in [1.82, 2.24) is 10.2 Å². The Kier molecular flexibility index (Phi) is 12.2. The van der Waals surface area contributed by atoms with Gasteiger partial charge in [0.05, 0.1) is 25.3 Å². The molecule has 0 aliphatic carbocycles. The number of hydrogen-bond donors (Lipinski definition) is 2. The Morgan fingerprint density at radius 2 is 2.32 bits per heavy atom. The van der Waals surface area contributed by atoms with Crippen molar-refractivity contribution in [2.45, 2.75) is 32.4 Å². The summed E-state index contributed by atoms with van der Waals surface area (Å²) in [7, 11) is 0. The van der Waals surface area contributed by atoms with E-state index in [4.69, 9.17) is 26.8 Å². The molecule has 2 atom stereocenters. The number of morpholine rings is 1. The summed E-state index contributed by atoms with van der Waals surface area (Å²) in [5.41, 5.74) is 6.44. The quantitative estimate of drug-likeness (QED) is 0.223. The van der Waals surface area contributed by atoms with E-state index in [0.29, 0.717) is 62.5 Å². The molecule has 2 unspecified atom stereocenters. The molecule has 1 saturated heterocycles. The Morgan fingerprint density at radius 1 is 1.54 bits per heavy atom. The number of nitrogens with one attached hydrogen (secondary N) is 1. The second-order valence-electron chi connectivity index (χ2n) is 6.53. The molecule has 0 aromatic heterocycles. The molecule has 1 aromatic carbocycles. The number of ether oxygens (including phenoxy) is 2. The van der Waals surface area contributed by atoms with Gasteiger partial charge >= 0.3 is 0 Å². The molecule has 2 rings (SSSR count). The molecule has 1 aliphatic heterocycles. The highest BCUT2D eigenvalue weighted by atomic mass is 127. The van der Waals surface area contributed by atoms with Gasteiger partial charge in [0, 0.05) is 43.4 Å². The molecule has 0 saturated carbocycles. The third-order valence-corrected chi connectivity index (χ3v) is 4.79. The Hall–Kier alpha value is -0.680. The minimum atomic E-state index is -0.329. The molecule has 6 nitrogen and oxygen atoms in total. The Balaban J connectivity index is 0.00000392. The van der Waals surface area contributed by atoms with Crippen molar-refractivity contribution in [3.8, 4) is 0 Å². The van der Waals surface area contributed by atoms with Crippen LogP contribution >= 0.6 is 35.6 Å². The predicted octanol–water partition coefficient (Wildman–Crippen LogP) is 3.19. The zero-order chi connectivity index (χ0) is 19.6. The maximum atomic E-state index is 14.5. The molecule has 0 radical (unpaired) electrons. The topological polar surface area (TPSA) is 72.1 Å². The van der Waals surface area contributed by atoms with E-state index in [-0.39, 0.29) is 41.9 Å². The minimum Gasteiger partial charge on any atom is -0.382 e. The molecule has 1 aromatic rings. The van der Waals surface area contributed by atoms with Crippen LogP contribution in [-0.2, 0) is 9.47 Å². The van der Waals surface area contributed by atoms with E-state index in [9.17, 15) is 4.39 Å². The summed E-state index contributed by atoms with van der Waals surface area (Å²) in [6.45, 7) is 8.31. The van der Waals surface area contributed by atoms with Gasteiger partial charge in [-0.05, 0) is 32.4 Å². The smallest absolute Gasteiger partial charge is 0.188 e. The van der Waals surface area contributed by atoms with Crippen molar-refractivity contribution < 1.29 is 13.9 Å². The molecular formula is C19H31ClFIN4O2. The first-order valence-electron chi connectivity index (χ1n) is 9.44. The van der Waals surface area contributed by atoms with Crippen LogP contribution in [0.25, 0.3) is 0 Å². The van der Waals surface area contributed by atoms with Crippen LogP contribution in [-0.4, -0.2) is 63.0 Å². The minimum absolute atomic E-state index is 0. The Labute approximate surface area is 189 Å². The first-order chi connectivity index (χ1) is 13.0. The Morgan fingerprint density at radius 3 is 3.00 bits per heavy atom. The van der Waals surface area contributed by atoms with E-state index in [1.54, 1.807) is 12.1 Å². The maximum absolute atomic E-state index is 14.5. The lowest BCUT2D eigenvalue weighted by atomic mass is 10.0. The third kappa shape index (κ3) is 7.98. The van der Waals surface area contributed by atoms with Gasteiger partial charge in [-0.1, -0.05) is 17.7 Å². The van der Waals surface area contributed by atoms with Gasteiger partial charge in [0.1, 0.15) is 5.82 Å². The SMILES string of the molecule is CCOCCCNC(N)=NCC(c1c(F)cccc1Cl)N1CCOC(C)C1.I. The Bertz CT molecular complexity index is 603. The number of benzene rings is 1. The van der Waals surface area contributed by atoms with Crippen molar-refractivity contribution in [2.24, 2.45) is 10.7 Å². The average Bonchev–Trinajstić information content (AvgIpc) is 2.64. The molecule has 1 heterocycles. The standard InChI is InChI=1S/C19H30ClFN4O2.HI/c1-3-26-10-5-8-23-19(22)24-12-17(25-9-11-27-14(2)13-25)18-15(20)6-4-7-16(18)21;/h4,6-7,14,17H,3,5,8-13H2,1-2H3,(H3,22,23,24);1H. The number of nitrogens with two attached hydrogens (primary N) is 1. The highest BCUT2D eigenvalue weighted by Gasteiger charge is 2.29. The molecule has 0 bridgehead atoms. The summed E-state index contributed by atoms with van der Waals surface area (Å²) in [6.07, 6.45) is 0.915. The fourth-order valence-corrected chi connectivity index (χ4v) is 3.41. The van der Waals surface area contributed by atoms with E-state index in [1.807, 2.05) is 13.8 Å². The third-order valence-electron chi connectivity index (χ3n) is 4.46. The number of guanidine groups is 1. The lowest BCUT2D eigenvalue weighted by Gasteiger charge is -2.37. The van der Waals surface area contributed by atoms with Crippen LogP contribution in [0.1, 0.15) is 31.9 Å². The van der Waals surface area contributed by atoms with Crippen molar-refractivity contribution in [3.63, 3.8) is 0 Å². The fourth-order valence-electron chi connectivity index (χ4n) is 3.12. The lowest BCUT2D eigenvalue weighted by Crippen LogP contribution is -2.44. The second-order valence-corrected chi connectivity index (χ2v) is 6.94. The van der Waals surface area contributed by atoms with Gasteiger partial charge in [0.15, 0.2) is 5.96 Å². The zero-order valence-corrected chi connectivity index (χ0v) is 19.6. The van der Waals surface area contributed by atoms with Crippen molar-refractivity contribution in [2.75, 3.05) is 46.0 Å². The van der Waals surface area contributed by atoms with Gasteiger partial charge in [-0.2, -0.15) is 0 Å². The summed E-state index contributed by atoms with van der Waals surface area (Å²) in [5, 5.41) is 3.47. The molecule has 9 heteroatoms. The zero-order valence-electron chi connectivity index (χ0n) is 16.5. The van der Waals surface area contributed by atoms with E-state index < -0.39 is 0 Å². The van der Waals surface area contributed by atoms with Gasteiger partial charge in [-0.15, -0.1) is 24.0 Å². The monoisotopic (exact) mass is 528 g/mol. The number of hydrogen-bond acceptors (Lipinski definition) is 4. The summed E-state index contributed by atoms with van der Waals surface area (Å²) >= 11 is 6.32. The van der Waals surface area contributed by atoms with Gasteiger partial charge in [0.2, 0.25) is 0 Å². The van der Waals surface area contributed by atoms with Crippen LogP contribution in [0.5, 0.6) is 0 Å². The molecule has 1 fully saturated rings. The van der Waals surface area contributed by atoms with Gasteiger partial charge in [-0.25, -0.2) is 4.39 Å². The molecule has 0 amide bonds. The molecule has 160 valence electrons. The molecule has 28 heavy (non-hydrogen) atoms. The predicted molar refractivity (Wildman–Crippen MR) is 122 cm³/mol. The number of rotatable bonds is 9. The van der Waals surface area contributed by atoms with Crippen molar-refractivity contribution >= 4 is 41.5 Å². The molecular weight excluding hydrogens is 498 g/mol. The summed E-state index contributed by atoms with van der Waals surface area (Å²) in [4.78, 5) is 6.59.